The van der Waals surface area contributed by atoms with Crippen LogP contribution < -0.4 is 9.47 Å². The summed E-state index contributed by atoms with van der Waals surface area (Å²) in [4.78, 5) is 63.1. The molecule has 0 aliphatic carbocycles. The predicted octanol–water partition coefficient (Wildman–Crippen LogP) is 1.97. The van der Waals surface area contributed by atoms with E-state index in [9.17, 15) is 39.9 Å². The molecule has 18 nitrogen and oxygen atoms in total. The first-order valence-electron chi connectivity index (χ1n) is 9.95. The maximum absolute atomic E-state index is 11.6. The van der Waals surface area contributed by atoms with E-state index < -0.39 is 50.3 Å². The lowest BCUT2D eigenvalue weighted by Gasteiger charge is -2.11. The molecule has 1 aromatic heterocycles. The average Bonchev–Trinajstić information content (AvgIpc) is 2.88. The third-order valence-electron chi connectivity index (χ3n) is 4.63. The molecule has 0 saturated carbocycles. The molecule has 18 heteroatoms. The first-order chi connectivity index (χ1) is 18.0. The van der Waals surface area contributed by atoms with Crippen LogP contribution in [-0.2, 0) is 15.3 Å². The van der Waals surface area contributed by atoms with Gasteiger partial charge in [0.25, 0.3) is 0 Å². The van der Waals surface area contributed by atoms with E-state index in [4.69, 9.17) is 9.47 Å². The van der Waals surface area contributed by atoms with Crippen LogP contribution in [0.5, 0.6) is 23.5 Å². The van der Waals surface area contributed by atoms with Crippen molar-refractivity contribution in [3.63, 3.8) is 0 Å². The van der Waals surface area contributed by atoms with Gasteiger partial charge in [0.2, 0.25) is 0 Å². The van der Waals surface area contributed by atoms with Crippen molar-refractivity contribution in [2.24, 2.45) is 0 Å². The lowest BCUT2D eigenvalue weighted by atomic mass is 10.2. The van der Waals surface area contributed by atoms with Crippen LogP contribution in [0.3, 0.4) is 0 Å². The number of hydrogen-bond donors (Lipinski definition) is 0. The van der Waals surface area contributed by atoms with Crippen LogP contribution in [0.25, 0.3) is 0 Å². The van der Waals surface area contributed by atoms with Gasteiger partial charge in [-0.1, -0.05) is 0 Å². The number of aromatic nitrogens is 3. The molecule has 0 bridgehead atoms. The summed E-state index contributed by atoms with van der Waals surface area (Å²) in [6.45, 7) is 0. The largest absolute Gasteiger partial charge is 0.763 e. The Hall–Kier alpha value is -5.81. The van der Waals surface area contributed by atoms with Gasteiger partial charge in [-0.3, -0.25) is 30.3 Å². The van der Waals surface area contributed by atoms with Crippen molar-refractivity contribution in [2.75, 3.05) is 14.2 Å². The molecule has 0 spiro atoms. The van der Waals surface area contributed by atoms with Crippen molar-refractivity contribution >= 4 is 11.9 Å². The number of carbonyl (C=O) groups excluding carboxylic acids is 2. The Labute approximate surface area is 210 Å². The van der Waals surface area contributed by atoms with E-state index in [1.54, 1.807) is 0 Å². The minimum atomic E-state index is -4.23. The van der Waals surface area contributed by atoms with E-state index in [-0.39, 0.29) is 22.6 Å². The maximum Gasteiger partial charge on any atom is 0.763 e. The molecule has 2 aromatic carbocycles. The zero-order valence-corrected chi connectivity index (χ0v) is 19.2. The number of carbonyl (C=O) groups is 2. The van der Waals surface area contributed by atoms with Crippen LogP contribution in [0.15, 0.2) is 48.5 Å². The van der Waals surface area contributed by atoms with E-state index in [0.29, 0.717) is 0 Å². The van der Waals surface area contributed by atoms with Crippen molar-refractivity contribution in [1.82, 2.24) is 15.0 Å². The van der Waals surface area contributed by atoms with Gasteiger partial charge in [-0.25, -0.2) is 9.59 Å². The van der Waals surface area contributed by atoms with E-state index >= 15 is 0 Å². The molecule has 0 radical (unpaired) electrons. The van der Waals surface area contributed by atoms with Gasteiger partial charge in [0.1, 0.15) is 11.5 Å². The summed E-state index contributed by atoms with van der Waals surface area (Å²) in [5, 5.41) is 34.7. The molecule has 0 aliphatic heterocycles. The second kappa shape index (κ2) is 10.8. The molecule has 196 valence electrons. The first-order valence-corrected chi connectivity index (χ1v) is 9.95. The summed E-state index contributed by atoms with van der Waals surface area (Å²) >= 11 is 0. The first kappa shape index (κ1) is 26.8. The van der Waals surface area contributed by atoms with E-state index in [2.05, 4.69) is 24.4 Å². The second-order valence-corrected chi connectivity index (χ2v) is 6.87. The lowest BCUT2D eigenvalue weighted by Crippen LogP contribution is -2.51. The highest BCUT2D eigenvalue weighted by molar-refractivity contribution is 5.89. The van der Waals surface area contributed by atoms with Gasteiger partial charge in [-0.15, -0.1) is 4.98 Å². The molecule has 3 aromatic rings. The second-order valence-electron chi connectivity index (χ2n) is 6.87. The van der Waals surface area contributed by atoms with Crippen LogP contribution in [0.2, 0.25) is 0 Å². The number of nitro groups is 3. The summed E-state index contributed by atoms with van der Waals surface area (Å²) in [6.07, 6.45) is 0. The highest BCUT2D eigenvalue weighted by atomic mass is 16.7. The number of methoxy groups -OCH3 is 2. The molecule has 38 heavy (non-hydrogen) atoms. The summed E-state index contributed by atoms with van der Waals surface area (Å²) in [5.41, 5.74) is 0.259. The standard InChI is InChI=1S/C20H14N6O12/c1-35-15(27)11-3-7-13(8-4-11)37-18-21-17(20(24(29)30,25(31)32)26(33)34)22-19(23-18)38-14-9-5-12(6-10-14)16(28)36-2/h3-10H,1-2H3. The highest BCUT2D eigenvalue weighted by Crippen LogP contribution is 2.29. The quantitative estimate of drug-likeness (QED) is 0.157. The Kier molecular flexibility index (Phi) is 7.65. The van der Waals surface area contributed by atoms with Crippen molar-refractivity contribution in [3.05, 3.63) is 95.8 Å². The fourth-order valence-electron chi connectivity index (χ4n) is 2.79. The lowest BCUT2D eigenvalue weighted by molar-refractivity contribution is -0.987. The topological polar surface area (TPSA) is 239 Å². The molecule has 1 heterocycles. The molecule has 0 amide bonds. The molecule has 0 aliphatic rings. The van der Waals surface area contributed by atoms with E-state index in [1.165, 1.54) is 48.5 Å². The maximum atomic E-state index is 11.6. The van der Waals surface area contributed by atoms with E-state index in [1.807, 2.05) is 0 Å². The van der Waals surface area contributed by atoms with Crippen molar-refractivity contribution in [1.29, 1.82) is 0 Å². The molecule has 0 fully saturated rings. The van der Waals surface area contributed by atoms with E-state index in [0.717, 1.165) is 14.2 Å². The van der Waals surface area contributed by atoms with Crippen LogP contribution in [0.1, 0.15) is 26.5 Å². The summed E-state index contributed by atoms with van der Waals surface area (Å²) < 4.78 is 19.8. The molecule has 3 rings (SSSR count). The monoisotopic (exact) mass is 530 g/mol. The third kappa shape index (κ3) is 5.22. The number of hydrogen-bond acceptors (Lipinski definition) is 15. The number of rotatable bonds is 10. The zero-order valence-electron chi connectivity index (χ0n) is 19.2. The Morgan fingerprint density at radius 3 is 1.29 bits per heavy atom. The van der Waals surface area contributed by atoms with Crippen molar-refractivity contribution < 1.29 is 43.3 Å². The Balaban J connectivity index is 2.09. The molecular weight excluding hydrogens is 516 g/mol. The van der Waals surface area contributed by atoms with Crippen LogP contribution in [0.4, 0.5) is 0 Å². The van der Waals surface area contributed by atoms with Crippen LogP contribution in [-0.4, -0.2) is 55.9 Å². The summed E-state index contributed by atoms with van der Waals surface area (Å²) in [5.74, 6) is -7.24. The van der Waals surface area contributed by atoms with Gasteiger partial charge in [-0.05, 0) is 48.5 Å². The number of nitrogens with zero attached hydrogens (tertiary/aromatic N) is 6. The van der Waals surface area contributed by atoms with Gasteiger partial charge in [-0.2, -0.15) is 9.97 Å². The van der Waals surface area contributed by atoms with Gasteiger partial charge in [0.15, 0.2) is 14.8 Å². The smallest absolute Gasteiger partial charge is 0.465 e. The number of ether oxygens (including phenoxy) is 4. The van der Waals surface area contributed by atoms with Crippen molar-refractivity contribution in [3.8, 4) is 23.5 Å². The number of benzene rings is 2. The van der Waals surface area contributed by atoms with Gasteiger partial charge < -0.3 is 18.9 Å². The van der Waals surface area contributed by atoms with Crippen molar-refractivity contribution in [2.45, 2.75) is 5.79 Å². The Bertz CT molecular complexity index is 1300. The Morgan fingerprint density at radius 2 is 1.00 bits per heavy atom. The van der Waals surface area contributed by atoms with Gasteiger partial charge in [0, 0.05) is 0 Å². The predicted molar refractivity (Wildman–Crippen MR) is 118 cm³/mol. The average molecular weight is 530 g/mol. The zero-order chi connectivity index (χ0) is 28.0. The van der Waals surface area contributed by atoms with Crippen LogP contribution in [0, 0.1) is 30.3 Å². The van der Waals surface area contributed by atoms with Gasteiger partial charge >= 0.3 is 35.6 Å². The minimum absolute atomic E-state index is 0.0721. The number of esters is 2. The fourth-order valence-corrected chi connectivity index (χ4v) is 2.79. The Morgan fingerprint density at radius 1 is 0.658 bits per heavy atom. The molecule has 0 unspecified atom stereocenters. The third-order valence-corrected chi connectivity index (χ3v) is 4.63. The van der Waals surface area contributed by atoms with Crippen LogP contribution >= 0.6 is 0 Å². The summed E-state index contributed by atoms with van der Waals surface area (Å²) in [6, 6.07) is 8.37. The molecular formula is C20H14N6O12. The summed E-state index contributed by atoms with van der Waals surface area (Å²) in [7, 11) is 2.33. The van der Waals surface area contributed by atoms with Gasteiger partial charge in [0.05, 0.1) is 25.3 Å². The normalized spacial score (nSPS) is 10.7. The molecule has 0 atom stereocenters. The fraction of sp³-hybridized carbons (Fsp3) is 0.150. The SMILES string of the molecule is COC(=O)c1ccc(Oc2nc(Oc3ccc(C(=O)OC)cc3)nc(C([N+](=O)[O-])([N+](=O)[O-])[N+](=O)[O-])n2)cc1. The molecule has 0 N–H and O–H groups in total. The highest BCUT2D eigenvalue weighted by Gasteiger charge is 2.76. The molecule has 0 saturated heterocycles. The minimum Gasteiger partial charge on any atom is -0.465 e.